The fraction of sp³-hybridized carbons (Fsp3) is 0.0417. The van der Waals surface area contributed by atoms with Gasteiger partial charge in [-0.3, -0.25) is 15.0 Å². The van der Waals surface area contributed by atoms with Crippen LogP contribution >= 0.6 is 11.8 Å². The molecule has 0 aliphatic carbocycles. The molecule has 0 spiro atoms. The Morgan fingerprint density at radius 1 is 1.03 bits per heavy atom. The topological polar surface area (TPSA) is 86.5 Å². The molecule has 0 fully saturated rings. The average Bonchev–Trinajstić information content (AvgIpc) is 3.45. The molecular weight excluding hydrogens is 425 g/mol. The predicted octanol–water partition coefficient (Wildman–Crippen LogP) is 5.42. The first kappa shape index (κ1) is 20.0. The highest BCUT2D eigenvalue weighted by Gasteiger charge is 2.11. The molecule has 0 radical (unpaired) electrons. The van der Waals surface area contributed by atoms with Crippen molar-refractivity contribution in [3.8, 4) is 11.3 Å². The number of carbonyl (C=O) groups is 1. The van der Waals surface area contributed by atoms with E-state index in [0.29, 0.717) is 11.3 Å². The van der Waals surface area contributed by atoms with Crippen LogP contribution in [0, 0.1) is 5.82 Å². The lowest BCUT2D eigenvalue weighted by atomic mass is 10.1. The van der Waals surface area contributed by atoms with Gasteiger partial charge in [-0.05, 0) is 48.0 Å². The van der Waals surface area contributed by atoms with Crippen molar-refractivity contribution in [1.82, 2.24) is 20.4 Å². The summed E-state index contributed by atoms with van der Waals surface area (Å²) in [4.78, 5) is 14.4. The Morgan fingerprint density at radius 3 is 2.75 bits per heavy atom. The molecule has 0 bridgehead atoms. The summed E-state index contributed by atoms with van der Waals surface area (Å²) in [5, 5.41) is 18.1. The van der Waals surface area contributed by atoms with Crippen molar-refractivity contribution >= 4 is 34.3 Å². The van der Waals surface area contributed by atoms with E-state index in [2.05, 4.69) is 25.7 Å². The van der Waals surface area contributed by atoms with Crippen molar-refractivity contribution in [3.05, 3.63) is 90.5 Å². The second kappa shape index (κ2) is 8.68. The van der Waals surface area contributed by atoms with Gasteiger partial charge in [-0.15, -0.1) is 0 Å². The highest BCUT2D eigenvalue weighted by molar-refractivity contribution is 7.99. The Hall–Kier alpha value is -3.91. The summed E-state index contributed by atoms with van der Waals surface area (Å²) in [6.07, 6.45) is 3.54. The van der Waals surface area contributed by atoms with Gasteiger partial charge in [0, 0.05) is 32.6 Å². The minimum Gasteiger partial charge on any atom is -0.326 e. The number of benzene rings is 3. The molecule has 0 aliphatic rings. The molecular formula is C24H18FN5OS. The maximum Gasteiger partial charge on any atom is 0.228 e. The molecule has 0 saturated carbocycles. The third-order valence-corrected chi connectivity index (χ3v) is 5.95. The van der Waals surface area contributed by atoms with Gasteiger partial charge in [-0.2, -0.15) is 10.2 Å². The molecule has 5 rings (SSSR count). The quantitative estimate of drug-likeness (QED) is 0.327. The molecule has 2 heterocycles. The maximum absolute atomic E-state index is 13.8. The zero-order valence-corrected chi connectivity index (χ0v) is 17.6. The number of aromatic nitrogens is 4. The van der Waals surface area contributed by atoms with E-state index in [4.69, 9.17) is 0 Å². The van der Waals surface area contributed by atoms with E-state index in [1.807, 2.05) is 48.7 Å². The van der Waals surface area contributed by atoms with Crippen LogP contribution in [0.25, 0.3) is 22.2 Å². The summed E-state index contributed by atoms with van der Waals surface area (Å²) < 4.78 is 13.8. The third kappa shape index (κ3) is 4.26. The van der Waals surface area contributed by atoms with Crippen LogP contribution in [0.4, 0.5) is 10.1 Å². The zero-order chi connectivity index (χ0) is 21.9. The molecule has 0 atom stereocenters. The number of rotatable bonds is 6. The number of hydrogen-bond donors (Lipinski definition) is 3. The van der Waals surface area contributed by atoms with Crippen molar-refractivity contribution in [2.45, 2.75) is 16.2 Å². The van der Waals surface area contributed by atoms with E-state index in [9.17, 15) is 9.18 Å². The SMILES string of the molecule is O=C(Cc1ccccc1F)Nc1cccc(Sc2ccc3c(-c4cn[nH]c4)n[nH]c3c2)c1. The minimum atomic E-state index is -0.378. The van der Waals surface area contributed by atoms with Gasteiger partial charge in [0.05, 0.1) is 18.1 Å². The second-order valence-electron chi connectivity index (χ2n) is 7.21. The Labute approximate surface area is 187 Å². The lowest BCUT2D eigenvalue weighted by Crippen LogP contribution is -2.15. The predicted molar refractivity (Wildman–Crippen MR) is 123 cm³/mol. The van der Waals surface area contributed by atoms with Crippen LogP contribution in [0.5, 0.6) is 0 Å². The zero-order valence-electron chi connectivity index (χ0n) is 16.8. The molecule has 0 saturated heterocycles. The standard InChI is InChI=1S/C24H18FN5OS/c25-21-7-2-1-4-15(21)10-23(31)28-17-5-3-6-18(11-17)32-19-8-9-20-22(12-19)29-30-24(20)16-13-26-27-14-16/h1-9,11-14H,10H2,(H,26,27)(H,28,31)(H,29,30). The molecule has 3 N–H and O–H groups in total. The summed E-state index contributed by atoms with van der Waals surface area (Å²) >= 11 is 1.58. The fourth-order valence-corrected chi connectivity index (χ4v) is 4.37. The van der Waals surface area contributed by atoms with E-state index in [0.717, 1.165) is 32.0 Å². The number of halogens is 1. The molecule has 5 aromatic rings. The fourth-order valence-electron chi connectivity index (χ4n) is 3.46. The summed E-state index contributed by atoms with van der Waals surface area (Å²) in [7, 11) is 0. The van der Waals surface area contributed by atoms with Gasteiger partial charge >= 0.3 is 0 Å². The summed E-state index contributed by atoms with van der Waals surface area (Å²) in [5.74, 6) is -0.639. The van der Waals surface area contributed by atoms with Gasteiger partial charge in [0.25, 0.3) is 0 Å². The van der Waals surface area contributed by atoms with Gasteiger partial charge in [-0.25, -0.2) is 4.39 Å². The highest BCUT2D eigenvalue weighted by Crippen LogP contribution is 2.33. The van der Waals surface area contributed by atoms with Crippen LogP contribution < -0.4 is 5.32 Å². The molecule has 158 valence electrons. The lowest BCUT2D eigenvalue weighted by molar-refractivity contribution is -0.115. The van der Waals surface area contributed by atoms with Crippen molar-refractivity contribution in [3.63, 3.8) is 0 Å². The molecule has 8 heteroatoms. The van der Waals surface area contributed by atoms with Crippen LogP contribution in [0.1, 0.15) is 5.56 Å². The van der Waals surface area contributed by atoms with Crippen molar-refractivity contribution < 1.29 is 9.18 Å². The molecule has 32 heavy (non-hydrogen) atoms. The van der Waals surface area contributed by atoms with Crippen LogP contribution in [-0.2, 0) is 11.2 Å². The minimum absolute atomic E-state index is 0.0144. The van der Waals surface area contributed by atoms with Crippen molar-refractivity contribution in [1.29, 1.82) is 0 Å². The van der Waals surface area contributed by atoms with Crippen LogP contribution in [-0.4, -0.2) is 26.3 Å². The number of amides is 1. The highest BCUT2D eigenvalue weighted by atomic mass is 32.2. The van der Waals surface area contributed by atoms with E-state index in [-0.39, 0.29) is 18.1 Å². The first-order valence-corrected chi connectivity index (χ1v) is 10.8. The smallest absolute Gasteiger partial charge is 0.228 e. The van der Waals surface area contributed by atoms with Gasteiger partial charge < -0.3 is 5.32 Å². The number of aromatic amines is 2. The summed E-state index contributed by atoms with van der Waals surface area (Å²) in [6.45, 7) is 0. The Kier molecular flexibility index (Phi) is 5.43. The third-order valence-electron chi connectivity index (χ3n) is 4.97. The van der Waals surface area contributed by atoms with Crippen molar-refractivity contribution in [2.75, 3.05) is 5.32 Å². The normalized spacial score (nSPS) is 11.0. The largest absolute Gasteiger partial charge is 0.326 e. The van der Waals surface area contributed by atoms with Gasteiger partial charge in [0.15, 0.2) is 0 Å². The van der Waals surface area contributed by atoms with E-state index in [1.165, 1.54) is 6.07 Å². The first-order valence-electron chi connectivity index (χ1n) is 9.94. The number of carbonyl (C=O) groups excluding carboxylic acids is 1. The number of anilines is 1. The second-order valence-corrected chi connectivity index (χ2v) is 8.36. The molecule has 0 aliphatic heterocycles. The average molecular weight is 444 g/mol. The molecule has 3 aromatic carbocycles. The maximum atomic E-state index is 13.8. The summed E-state index contributed by atoms with van der Waals surface area (Å²) in [6, 6.07) is 20.0. The Morgan fingerprint density at radius 2 is 1.91 bits per heavy atom. The summed E-state index contributed by atoms with van der Waals surface area (Å²) in [5.41, 5.74) is 3.75. The van der Waals surface area contributed by atoms with Crippen LogP contribution in [0.3, 0.4) is 0 Å². The van der Waals surface area contributed by atoms with E-state index >= 15 is 0 Å². The van der Waals surface area contributed by atoms with Gasteiger partial charge in [0.1, 0.15) is 11.5 Å². The number of H-pyrrole nitrogens is 2. The number of hydrogen-bond acceptors (Lipinski definition) is 4. The number of fused-ring (bicyclic) bond motifs is 1. The van der Waals surface area contributed by atoms with Crippen LogP contribution in [0.2, 0.25) is 0 Å². The van der Waals surface area contributed by atoms with E-state index in [1.54, 1.807) is 36.2 Å². The lowest BCUT2D eigenvalue weighted by Gasteiger charge is -2.08. The molecule has 0 unspecified atom stereocenters. The Balaban J connectivity index is 1.30. The first-order chi connectivity index (χ1) is 15.7. The molecule has 1 amide bonds. The number of nitrogens with one attached hydrogen (secondary N) is 3. The van der Waals surface area contributed by atoms with Gasteiger partial charge in [-0.1, -0.05) is 36.0 Å². The van der Waals surface area contributed by atoms with Crippen LogP contribution in [0.15, 0.2) is 88.9 Å². The van der Waals surface area contributed by atoms with E-state index < -0.39 is 0 Å². The van der Waals surface area contributed by atoms with Gasteiger partial charge in [0.2, 0.25) is 5.91 Å². The molecule has 2 aromatic heterocycles. The Bertz CT molecular complexity index is 1400. The van der Waals surface area contributed by atoms with Crippen molar-refractivity contribution in [2.24, 2.45) is 0 Å². The monoisotopic (exact) mass is 443 g/mol. The molecule has 6 nitrogen and oxygen atoms in total. The number of nitrogens with zero attached hydrogens (tertiary/aromatic N) is 2.